The van der Waals surface area contributed by atoms with Crippen LogP contribution in [0.15, 0.2) is 48.5 Å². The van der Waals surface area contributed by atoms with E-state index in [2.05, 4.69) is 5.32 Å². The Kier molecular flexibility index (Phi) is 6.91. The smallest absolute Gasteiger partial charge is 0.335 e. The van der Waals surface area contributed by atoms with Crippen molar-refractivity contribution in [2.45, 2.75) is 19.3 Å². The summed E-state index contributed by atoms with van der Waals surface area (Å²) in [7, 11) is 1.47. The topological polar surface area (TPSA) is 92.7 Å². The number of methoxy groups -OCH3 is 1. The maximum absolute atomic E-state index is 12.0. The van der Waals surface area contributed by atoms with Crippen LogP contribution in [-0.4, -0.2) is 36.4 Å². The minimum Gasteiger partial charge on any atom is -0.496 e. The molecule has 2 rings (SSSR count). The Hall–Kier alpha value is -3.15. The van der Waals surface area contributed by atoms with Crippen molar-refractivity contribution in [3.63, 3.8) is 0 Å². The Bertz CT molecular complexity index is 786. The van der Waals surface area contributed by atoms with Gasteiger partial charge in [0.15, 0.2) is 5.78 Å². The van der Waals surface area contributed by atoms with Crippen LogP contribution < -0.4 is 10.1 Å². The Morgan fingerprint density at radius 3 is 2.38 bits per heavy atom. The SMILES string of the molecule is COc1cc(C(=O)O)ccc1CCNC(=O)CCC(=O)c1ccccc1. The number of rotatable bonds is 9. The second-order valence-corrected chi connectivity index (χ2v) is 5.72. The summed E-state index contributed by atoms with van der Waals surface area (Å²) in [5, 5.41) is 11.8. The fourth-order valence-electron chi connectivity index (χ4n) is 2.50. The van der Waals surface area contributed by atoms with E-state index < -0.39 is 5.97 Å². The predicted octanol–water partition coefficient (Wildman–Crippen LogP) is 2.72. The lowest BCUT2D eigenvalue weighted by Crippen LogP contribution is -2.26. The van der Waals surface area contributed by atoms with Crippen molar-refractivity contribution >= 4 is 17.7 Å². The van der Waals surface area contributed by atoms with Crippen LogP contribution in [0.4, 0.5) is 0 Å². The monoisotopic (exact) mass is 355 g/mol. The fourth-order valence-corrected chi connectivity index (χ4v) is 2.50. The summed E-state index contributed by atoms with van der Waals surface area (Å²) < 4.78 is 5.20. The van der Waals surface area contributed by atoms with Gasteiger partial charge in [-0.15, -0.1) is 0 Å². The van der Waals surface area contributed by atoms with E-state index in [9.17, 15) is 14.4 Å². The molecular weight excluding hydrogens is 334 g/mol. The van der Waals surface area contributed by atoms with Gasteiger partial charge in [-0.1, -0.05) is 36.4 Å². The molecule has 0 aliphatic carbocycles. The van der Waals surface area contributed by atoms with E-state index in [-0.39, 0.29) is 30.1 Å². The van der Waals surface area contributed by atoms with E-state index in [4.69, 9.17) is 9.84 Å². The van der Waals surface area contributed by atoms with Crippen LogP contribution in [0.25, 0.3) is 0 Å². The average molecular weight is 355 g/mol. The lowest BCUT2D eigenvalue weighted by atomic mass is 10.1. The summed E-state index contributed by atoms with van der Waals surface area (Å²) in [6.07, 6.45) is 0.788. The molecule has 0 radical (unpaired) electrons. The number of nitrogens with one attached hydrogen (secondary N) is 1. The number of carboxylic acid groups (broad SMARTS) is 1. The Labute approximate surface area is 151 Å². The summed E-state index contributed by atoms with van der Waals surface area (Å²) in [5.41, 5.74) is 1.55. The molecule has 0 saturated carbocycles. The van der Waals surface area contributed by atoms with Gasteiger partial charge in [0.1, 0.15) is 5.75 Å². The predicted molar refractivity (Wildman–Crippen MR) is 96.7 cm³/mol. The van der Waals surface area contributed by atoms with Gasteiger partial charge in [0.05, 0.1) is 12.7 Å². The van der Waals surface area contributed by atoms with Crippen molar-refractivity contribution in [1.82, 2.24) is 5.32 Å². The molecule has 136 valence electrons. The van der Waals surface area contributed by atoms with E-state index in [1.807, 2.05) is 6.07 Å². The summed E-state index contributed by atoms with van der Waals surface area (Å²) in [4.78, 5) is 34.8. The van der Waals surface area contributed by atoms with E-state index >= 15 is 0 Å². The normalized spacial score (nSPS) is 10.2. The Balaban J connectivity index is 1.79. The quantitative estimate of drug-likeness (QED) is 0.675. The third kappa shape index (κ3) is 5.44. The molecule has 0 bridgehead atoms. The molecule has 0 aromatic heterocycles. The second-order valence-electron chi connectivity index (χ2n) is 5.72. The van der Waals surface area contributed by atoms with Gasteiger partial charge < -0.3 is 15.2 Å². The minimum atomic E-state index is -1.02. The average Bonchev–Trinajstić information content (AvgIpc) is 2.66. The molecule has 26 heavy (non-hydrogen) atoms. The van der Waals surface area contributed by atoms with Crippen molar-refractivity contribution in [1.29, 1.82) is 0 Å². The van der Waals surface area contributed by atoms with Gasteiger partial charge in [0, 0.05) is 24.9 Å². The maximum atomic E-state index is 12.0. The van der Waals surface area contributed by atoms with Gasteiger partial charge in [-0.2, -0.15) is 0 Å². The first-order chi connectivity index (χ1) is 12.5. The van der Waals surface area contributed by atoms with Gasteiger partial charge in [-0.05, 0) is 24.1 Å². The molecule has 6 nitrogen and oxygen atoms in total. The van der Waals surface area contributed by atoms with Gasteiger partial charge in [0.25, 0.3) is 0 Å². The molecule has 0 heterocycles. The molecule has 6 heteroatoms. The number of hydrogen-bond donors (Lipinski definition) is 2. The van der Waals surface area contributed by atoms with Crippen molar-refractivity contribution in [3.05, 3.63) is 65.2 Å². The molecule has 2 N–H and O–H groups in total. The summed E-state index contributed by atoms with van der Waals surface area (Å²) in [5.74, 6) is -0.813. The molecule has 0 aliphatic heterocycles. The zero-order chi connectivity index (χ0) is 18.9. The van der Waals surface area contributed by atoms with E-state index in [0.717, 1.165) is 5.56 Å². The fraction of sp³-hybridized carbons (Fsp3) is 0.250. The standard InChI is InChI=1S/C20H21NO5/c1-26-18-13-16(20(24)25)8-7-15(18)11-12-21-19(23)10-9-17(22)14-5-3-2-4-6-14/h2-8,13H,9-12H2,1H3,(H,21,23)(H,24,25). The number of amides is 1. The van der Waals surface area contributed by atoms with Crippen LogP contribution >= 0.6 is 0 Å². The summed E-state index contributed by atoms with van der Waals surface area (Å²) in [6.45, 7) is 0.376. The van der Waals surface area contributed by atoms with Crippen molar-refractivity contribution in [3.8, 4) is 5.75 Å². The number of Topliss-reactive ketones (excluding diaryl/α,β-unsaturated/α-hetero) is 1. The number of carbonyl (C=O) groups excluding carboxylic acids is 2. The van der Waals surface area contributed by atoms with Crippen molar-refractivity contribution in [2.24, 2.45) is 0 Å². The van der Waals surface area contributed by atoms with Crippen LogP contribution in [0.3, 0.4) is 0 Å². The van der Waals surface area contributed by atoms with E-state index in [0.29, 0.717) is 24.3 Å². The van der Waals surface area contributed by atoms with E-state index in [1.54, 1.807) is 30.3 Å². The number of aromatic carboxylic acids is 1. The van der Waals surface area contributed by atoms with Crippen LogP contribution in [0.2, 0.25) is 0 Å². The maximum Gasteiger partial charge on any atom is 0.335 e. The number of hydrogen-bond acceptors (Lipinski definition) is 4. The number of carboxylic acids is 1. The number of ether oxygens (including phenoxy) is 1. The van der Waals surface area contributed by atoms with Crippen molar-refractivity contribution in [2.75, 3.05) is 13.7 Å². The first kappa shape index (κ1) is 19.2. The second kappa shape index (κ2) is 9.36. The minimum absolute atomic E-state index is 0.0633. The van der Waals surface area contributed by atoms with Gasteiger partial charge >= 0.3 is 5.97 Å². The summed E-state index contributed by atoms with van der Waals surface area (Å²) >= 11 is 0. The lowest BCUT2D eigenvalue weighted by molar-refractivity contribution is -0.121. The molecule has 0 atom stereocenters. The molecule has 0 fully saturated rings. The highest BCUT2D eigenvalue weighted by Crippen LogP contribution is 2.20. The highest BCUT2D eigenvalue weighted by molar-refractivity contribution is 5.97. The highest BCUT2D eigenvalue weighted by atomic mass is 16.5. The Morgan fingerprint density at radius 1 is 1.00 bits per heavy atom. The largest absolute Gasteiger partial charge is 0.496 e. The third-order valence-electron chi connectivity index (χ3n) is 3.93. The van der Waals surface area contributed by atoms with Crippen molar-refractivity contribution < 1.29 is 24.2 Å². The van der Waals surface area contributed by atoms with Crippen LogP contribution in [0, 0.1) is 0 Å². The number of carbonyl (C=O) groups is 3. The molecule has 0 spiro atoms. The number of benzene rings is 2. The van der Waals surface area contributed by atoms with E-state index in [1.165, 1.54) is 19.2 Å². The van der Waals surface area contributed by atoms with Crippen LogP contribution in [0.5, 0.6) is 5.75 Å². The van der Waals surface area contributed by atoms with Gasteiger partial charge in [0.2, 0.25) is 5.91 Å². The number of ketones is 1. The van der Waals surface area contributed by atoms with Gasteiger partial charge in [-0.25, -0.2) is 4.79 Å². The summed E-state index contributed by atoms with van der Waals surface area (Å²) in [6, 6.07) is 13.5. The highest BCUT2D eigenvalue weighted by Gasteiger charge is 2.11. The molecule has 0 unspecified atom stereocenters. The molecule has 1 amide bonds. The zero-order valence-electron chi connectivity index (χ0n) is 14.5. The van der Waals surface area contributed by atoms with Gasteiger partial charge in [-0.3, -0.25) is 9.59 Å². The molecule has 0 saturated heterocycles. The molecule has 2 aromatic carbocycles. The Morgan fingerprint density at radius 2 is 1.73 bits per heavy atom. The zero-order valence-corrected chi connectivity index (χ0v) is 14.5. The molecule has 2 aromatic rings. The lowest BCUT2D eigenvalue weighted by Gasteiger charge is -2.10. The molecule has 0 aliphatic rings. The molecular formula is C20H21NO5. The van der Waals surface area contributed by atoms with Crippen LogP contribution in [-0.2, 0) is 11.2 Å². The van der Waals surface area contributed by atoms with Crippen LogP contribution in [0.1, 0.15) is 39.1 Å². The first-order valence-corrected chi connectivity index (χ1v) is 8.26. The first-order valence-electron chi connectivity index (χ1n) is 8.26. The third-order valence-corrected chi connectivity index (χ3v) is 3.93.